The third kappa shape index (κ3) is 2.75. The van der Waals surface area contributed by atoms with Gasteiger partial charge in [-0.3, -0.25) is 4.79 Å². The van der Waals surface area contributed by atoms with Crippen LogP contribution in [0.1, 0.15) is 37.2 Å². The van der Waals surface area contributed by atoms with Gasteiger partial charge in [-0.2, -0.15) is 4.98 Å². The summed E-state index contributed by atoms with van der Waals surface area (Å²) in [5, 5.41) is 7.99. The van der Waals surface area contributed by atoms with Crippen molar-refractivity contribution in [2.75, 3.05) is 18.0 Å². The van der Waals surface area contributed by atoms with E-state index in [0.29, 0.717) is 24.1 Å². The lowest BCUT2D eigenvalue weighted by Crippen LogP contribution is -2.44. The summed E-state index contributed by atoms with van der Waals surface area (Å²) >= 11 is 0. The Kier molecular flexibility index (Phi) is 3.43. The van der Waals surface area contributed by atoms with E-state index in [1.165, 1.54) is 0 Å². The van der Waals surface area contributed by atoms with Gasteiger partial charge in [-0.15, -0.1) is 0 Å². The molecule has 0 spiro atoms. The Hall–Kier alpha value is -2.18. The van der Waals surface area contributed by atoms with Crippen LogP contribution in [0.15, 0.2) is 4.52 Å². The van der Waals surface area contributed by atoms with Gasteiger partial charge in [0.1, 0.15) is 17.0 Å². The molecular formula is C16H21N5O2. The number of piperidine rings is 1. The van der Waals surface area contributed by atoms with E-state index in [-0.39, 0.29) is 11.8 Å². The van der Waals surface area contributed by atoms with Crippen LogP contribution in [-0.4, -0.2) is 40.2 Å². The fourth-order valence-electron chi connectivity index (χ4n) is 3.23. The topological polar surface area (TPSA) is 84.2 Å². The van der Waals surface area contributed by atoms with Crippen molar-refractivity contribution < 1.29 is 9.32 Å². The van der Waals surface area contributed by atoms with Crippen LogP contribution in [-0.2, 0) is 4.79 Å². The average molecular weight is 315 g/mol. The Bertz CT molecular complexity index is 752. The van der Waals surface area contributed by atoms with E-state index in [9.17, 15) is 4.79 Å². The monoisotopic (exact) mass is 315 g/mol. The molecule has 1 N–H and O–H groups in total. The summed E-state index contributed by atoms with van der Waals surface area (Å²) < 4.78 is 5.29. The molecule has 122 valence electrons. The summed E-state index contributed by atoms with van der Waals surface area (Å²) in [7, 11) is 0. The second-order valence-electron chi connectivity index (χ2n) is 6.61. The van der Waals surface area contributed by atoms with Crippen LogP contribution < -0.4 is 10.2 Å². The number of nitrogens with zero attached hydrogens (tertiary/aromatic N) is 4. The van der Waals surface area contributed by atoms with Crippen molar-refractivity contribution in [2.45, 2.75) is 45.6 Å². The fraction of sp³-hybridized carbons (Fsp3) is 0.625. The number of carbonyl (C=O) groups is 1. The summed E-state index contributed by atoms with van der Waals surface area (Å²) in [6.07, 6.45) is 4.16. The zero-order valence-electron chi connectivity index (χ0n) is 13.5. The molecule has 2 aromatic heterocycles. The minimum atomic E-state index is 0.0230. The molecule has 1 atom stereocenters. The van der Waals surface area contributed by atoms with Crippen LogP contribution in [0.25, 0.3) is 11.1 Å². The predicted octanol–water partition coefficient (Wildman–Crippen LogP) is 1.73. The van der Waals surface area contributed by atoms with Crippen LogP contribution in [0, 0.1) is 19.8 Å². The Morgan fingerprint density at radius 1 is 1.26 bits per heavy atom. The number of aromatic nitrogens is 3. The lowest BCUT2D eigenvalue weighted by atomic mass is 9.97. The second kappa shape index (κ2) is 5.47. The SMILES string of the molecule is Cc1nc(N2CCC[C@@H](C(=O)NC3CC3)C2)c2c(C)noc2n1. The van der Waals surface area contributed by atoms with Crippen molar-refractivity contribution >= 4 is 22.8 Å². The van der Waals surface area contributed by atoms with Crippen molar-refractivity contribution in [2.24, 2.45) is 5.92 Å². The molecule has 1 saturated heterocycles. The Labute approximate surface area is 134 Å². The molecule has 1 amide bonds. The first-order valence-electron chi connectivity index (χ1n) is 8.28. The number of carbonyl (C=O) groups excluding carboxylic acids is 1. The lowest BCUT2D eigenvalue weighted by Gasteiger charge is -2.33. The molecule has 2 aromatic rings. The lowest BCUT2D eigenvalue weighted by molar-refractivity contribution is -0.125. The first kappa shape index (κ1) is 14.4. The number of hydrogen-bond donors (Lipinski definition) is 1. The quantitative estimate of drug-likeness (QED) is 0.928. The van der Waals surface area contributed by atoms with Gasteiger partial charge in [0.05, 0.1) is 11.6 Å². The first-order chi connectivity index (χ1) is 11.1. The molecular weight excluding hydrogens is 294 g/mol. The molecule has 4 rings (SSSR count). The largest absolute Gasteiger partial charge is 0.355 e. The minimum absolute atomic E-state index is 0.0230. The summed E-state index contributed by atoms with van der Waals surface area (Å²) in [6.45, 7) is 5.33. The van der Waals surface area contributed by atoms with Gasteiger partial charge >= 0.3 is 0 Å². The molecule has 2 aliphatic rings. The van der Waals surface area contributed by atoms with Gasteiger partial charge in [-0.05, 0) is 39.5 Å². The maximum atomic E-state index is 12.4. The summed E-state index contributed by atoms with van der Waals surface area (Å²) in [5.74, 6) is 1.71. The van der Waals surface area contributed by atoms with Gasteiger partial charge in [0.15, 0.2) is 0 Å². The molecule has 7 nitrogen and oxygen atoms in total. The Morgan fingerprint density at radius 3 is 2.87 bits per heavy atom. The third-order valence-corrected chi connectivity index (χ3v) is 4.61. The van der Waals surface area contributed by atoms with Crippen molar-refractivity contribution in [1.29, 1.82) is 0 Å². The zero-order chi connectivity index (χ0) is 16.0. The summed E-state index contributed by atoms with van der Waals surface area (Å²) in [4.78, 5) is 23.5. The number of fused-ring (bicyclic) bond motifs is 1. The minimum Gasteiger partial charge on any atom is -0.355 e. The molecule has 0 aromatic carbocycles. The van der Waals surface area contributed by atoms with E-state index in [1.807, 2.05) is 13.8 Å². The third-order valence-electron chi connectivity index (χ3n) is 4.61. The van der Waals surface area contributed by atoms with Crippen molar-refractivity contribution in [1.82, 2.24) is 20.4 Å². The second-order valence-corrected chi connectivity index (χ2v) is 6.61. The van der Waals surface area contributed by atoms with Crippen LogP contribution in [0.4, 0.5) is 5.82 Å². The smallest absolute Gasteiger partial charge is 0.263 e. The highest BCUT2D eigenvalue weighted by molar-refractivity contribution is 5.88. The highest BCUT2D eigenvalue weighted by Gasteiger charge is 2.32. The molecule has 3 heterocycles. The number of nitrogens with one attached hydrogen (secondary N) is 1. The number of rotatable bonds is 3. The predicted molar refractivity (Wildman–Crippen MR) is 85.2 cm³/mol. The van der Waals surface area contributed by atoms with Crippen LogP contribution in [0.5, 0.6) is 0 Å². The van der Waals surface area contributed by atoms with Gasteiger partial charge in [0.2, 0.25) is 5.91 Å². The van der Waals surface area contributed by atoms with Crippen LogP contribution in [0.2, 0.25) is 0 Å². The number of aryl methyl sites for hydroxylation is 2. The standard InChI is InChI=1S/C16H21N5O2/c1-9-13-14(17-10(2)18-16(13)23-20-9)21-7-3-4-11(8-21)15(22)19-12-5-6-12/h11-12H,3-8H2,1-2H3,(H,19,22)/t11-/m1/s1. The van der Waals surface area contributed by atoms with Crippen LogP contribution >= 0.6 is 0 Å². The molecule has 1 aliphatic heterocycles. The van der Waals surface area contributed by atoms with Gasteiger partial charge in [0.25, 0.3) is 5.71 Å². The molecule has 1 aliphatic carbocycles. The maximum Gasteiger partial charge on any atom is 0.263 e. The van der Waals surface area contributed by atoms with E-state index < -0.39 is 0 Å². The van der Waals surface area contributed by atoms with E-state index in [2.05, 4.69) is 25.3 Å². The van der Waals surface area contributed by atoms with Crippen LogP contribution in [0.3, 0.4) is 0 Å². The Balaban J connectivity index is 1.61. The number of hydrogen-bond acceptors (Lipinski definition) is 6. The molecule has 2 fully saturated rings. The van der Waals surface area contributed by atoms with E-state index in [4.69, 9.17) is 4.52 Å². The van der Waals surface area contributed by atoms with Gasteiger partial charge in [-0.1, -0.05) is 5.16 Å². The van der Waals surface area contributed by atoms with Gasteiger partial charge in [-0.25, -0.2) is 4.98 Å². The molecule has 23 heavy (non-hydrogen) atoms. The molecule has 0 radical (unpaired) electrons. The number of amides is 1. The van der Waals surface area contributed by atoms with Crippen molar-refractivity contribution in [3.8, 4) is 0 Å². The van der Waals surface area contributed by atoms with Crippen molar-refractivity contribution in [3.63, 3.8) is 0 Å². The van der Waals surface area contributed by atoms with Gasteiger partial charge < -0.3 is 14.7 Å². The maximum absolute atomic E-state index is 12.4. The molecule has 7 heteroatoms. The molecule has 0 unspecified atom stereocenters. The van der Waals surface area contributed by atoms with E-state index >= 15 is 0 Å². The summed E-state index contributed by atoms with van der Waals surface area (Å²) in [6, 6.07) is 0.409. The Morgan fingerprint density at radius 2 is 2.09 bits per heavy atom. The molecule has 0 bridgehead atoms. The average Bonchev–Trinajstić information content (AvgIpc) is 3.29. The van der Waals surface area contributed by atoms with E-state index in [1.54, 1.807) is 0 Å². The summed E-state index contributed by atoms with van der Waals surface area (Å²) in [5.41, 5.74) is 1.31. The van der Waals surface area contributed by atoms with Crippen molar-refractivity contribution in [3.05, 3.63) is 11.5 Å². The highest BCUT2D eigenvalue weighted by atomic mass is 16.5. The first-order valence-corrected chi connectivity index (χ1v) is 8.28. The normalized spacial score (nSPS) is 21.7. The fourth-order valence-corrected chi connectivity index (χ4v) is 3.23. The number of anilines is 1. The van der Waals surface area contributed by atoms with E-state index in [0.717, 1.165) is 49.1 Å². The molecule has 1 saturated carbocycles. The highest BCUT2D eigenvalue weighted by Crippen LogP contribution is 2.30. The van der Waals surface area contributed by atoms with Gasteiger partial charge in [0, 0.05) is 19.1 Å². The zero-order valence-corrected chi connectivity index (χ0v) is 13.5.